The minimum absolute atomic E-state index is 0.154. The lowest BCUT2D eigenvalue weighted by Gasteiger charge is -2.10. The van der Waals surface area contributed by atoms with Crippen molar-refractivity contribution in [1.29, 1.82) is 0 Å². The van der Waals surface area contributed by atoms with E-state index in [2.05, 4.69) is 24.9 Å². The quantitative estimate of drug-likeness (QED) is 0.267. The second-order valence-corrected chi connectivity index (χ2v) is 8.18. The SMILES string of the molecule is Cc1ccc(OCCOc2cccc(C=Nc3c(C)n(C)n(-c4ccccc4)c3=O)c2)cc1C. The number of hydrogen-bond donors (Lipinski definition) is 0. The average molecular weight is 456 g/mol. The van der Waals surface area contributed by atoms with E-state index in [1.807, 2.05) is 85.4 Å². The highest BCUT2D eigenvalue weighted by molar-refractivity contribution is 5.82. The van der Waals surface area contributed by atoms with Gasteiger partial charge in [0, 0.05) is 13.3 Å². The normalized spacial score (nSPS) is 11.2. The molecule has 0 saturated heterocycles. The molecular formula is C28H29N3O3. The fourth-order valence-corrected chi connectivity index (χ4v) is 3.65. The highest BCUT2D eigenvalue weighted by Gasteiger charge is 2.14. The van der Waals surface area contributed by atoms with E-state index in [9.17, 15) is 4.79 Å². The number of aryl methyl sites for hydroxylation is 2. The van der Waals surface area contributed by atoms with E-state index in [-0.39, 0.29) is 5.56 Å². The molecule has 0 aliphatic heterocycles. The maximum atomic E-state index is 13.0. The number of hydrogen-bond acceptors (Lipinski definition) is 4. The van der Waals surface area contributed by atoms with Gasteiger partial charge in [0.25, 0.3) is 5.56 Å². The van der Waals surface area contributed by atoms with Crippen LogP contribution in [0, 0.1) is 20.8 Å². The van der Waals surface area contributed by atoms with Crippen molar-refractivity contribution < 1.29 is 9.47 Å². The minimum atomic E-state index is -0.154. The second kappa shape index (κ2) is 10.3. The summed E-state index contributed by atoms with van der Waals surface area (Å²) in [5, 5.41) is 0. The van der Waals surface area contributed by atoms with Gasteiger partial charge in [0.05, 0.1) is 11.4 Å². The number of benzene rings is 3. The van der Waals surface area contributed by atoms with Crippen molar-refractivity contribution in [3.05, 3.63) is 106 Å². The summed E-state index contributed by atoms with van der Waals surface area (Å²) in [5.41, 5.74) is 5.15. The van der Waals surface area contributed by atoms with Crippen LogP contribution in [0.1, 0.15) is 22.4 Å². The molecule has 0 amide bonds. The lowest BCUT2D eigenvalue weighted by Crippen LogP contribution is -2.19. The third kappa shape index (κ3) is 5.12. The summed E-state index contributed by atoms with van der Waals surface area (Å²) in [6.45, 7) is 6.91. The van der Waals surface area contributed by atoms with Crippen LogP contribution >= 0.6 is 0 Å². The second-order valence-electron chi connectivity index (χ2n) is 8.18. The Morgan fingerprint density at radius 2 is 1.53 bits per heavy atom. The largest absolute Gasteiger partial charge is 0.490 e. The molecule has 1 aromatic heterocycles. The van der Waals surface area contributed by atoms with Crippen LogP contribution in [0.5, 0.6) is 11.5 Å². The van der Waals surface area contributed by atoms with Crippen LogP contribution in [0.2, 0.25) is 0 Å². The Bertz CT molecular complexity index is 1370. The molecule has 4 aromatic rings. The molecule has 4 rings (SSSR count). The molecule has 0 atom stereocenters. The molecular weight excluding hydrogens is 426 g/mol. The molecule has 0 fully saturated rings. The van der Waals surface area contributed by atoms with E-state index in [1.54, 1.807) is 10.9 Å². The van der Waals surface area contributed by atoms with Crippen molar-refractivity contribution in [2.45, 2.75) is 20.8 Å². The van der Waals surface area contributed by atoms with Gasteiger partial charge < -0.3 is 9.47 Å². The summed E-state index contributed by atoms with van der Waals surface area (Å²) in [5.74, 6) is 1.56. The average Bonchev–Trinajstić information content (AvgIpc) is 3.06. The first-order chi connectivity index (χ1) is 16.4. The maximum absolute atomic E-state index is 13.0. The molecule has 6 nitrogen and oxygen atoms in total. The van der Waals surface area contributed by atoms with E-state index in [4.69, 9.17) is 9.47 Å². The van der Waals surface area contributed by atoms with E-state index < -0.39 is 0 Å². The first-order valence-corrected chi connectivity index (χ1v) is 11.2. The van der Waals surface area contributed by atoms with Gasteiger partial charge in [0.15, 0.2) is 5.69 Å². The molecule has 0 aliphatic carbocycles. The van der Waals surface area contributed by atoms with Crippen LogP contribution in [-0.4, -0.2) is 28.8 Å². The molecule has 0 N–H and O–H groups in total. The van der Waals surface area contributed by atoms with Crippen LogP contribution in [0.3, 0.4) is 0 Å². The van der Waals surface area contributed by atoms with Gasteiger partial charge in [-0.15, -0.1) is 0 Å². The third-order valence-corrected chi connectivity index (χ3v) is 5.82. The van der Waals surface area contributed by atoms with Crippen LogP contribution in [0.15, 0.2) is 82.6 Å². The van der Waals surface area contributed by atoms with E-state index in [0.29, 0.717) is 18.9 Å². The third-order valence-electron chi connectivity index (χ3n) is 5.82. The Hall–Kier alpha value is -4.06. The van der Waals surface area contributed by atoms with Crippen molar-refractivity contribution in [3.8, 4) is 17.2 Å². The van der Waals surface area contributed by atoms with Crippen molar-refractivity contribution in [3.63, 3.8) is 0 Å². The number of aliphatic imine (C=N–C) groups is 1. The van der Waals surface area contributed by atoms with Gasteiger partial charge in [-0.2, -0.15) is 0 Å². The Balaban J connectivity index is 1.42. The Labute approximate surface area is 199 Å². The van der Waals surface area contributed by atoms with Gasteiger partial charge in [-0.1, -0.05) is 36.4 Å². The van der Waals surface area contributed by atoms with Gasteiger partial charge in [0.2, 0.25) is 0 Å². The summed E-state index contributed by atoms with van der Waals surface area (Å²) in [4.78, 5) is 17.5. The maximum Gasteiger partial charge on any atom is 0.297 e. The van der Waals surface area contributed by atoms with Crippen LogP contribution < -0.4 is 15.0 Å². The van der Waals surface area contributed by atoms with Crippen molar-refractivity contribution >= 4 is 11.9 Å². The lowest BCUT2D eigenvalue weighted by atomic mass is 10.1. The predicted molar refractivity (Wildman–Crippen MR) is 136 cm³/mol. The molecule has 0 radical (unpaired) electrons. The van der Waals surface area contributed by atoms with E-state index >= 15 is 0 Å². The van der Waals surface area contributed by atoms with Gasteiger partial charge in [0.1, 0.15) is 24.7 Å². The Morgan fingerprint density at radius 1 is 0.824 bits per heavy atom. The first-order valence-electron chi connectivity index (χ1n) is 11.2. The zero-order valence-electron chi connectivity index (χ0n) is 20.0. The monoisotopic (exact) mass is 455 g/mol. The number of rotatable bonds is 8. The molecule has 6 heteroatoms. The van der Waals surface area contributed by atoms with Gasteiger partial charge >= 0.3 is 0 Å². The standard InChI is InChI=1S/C28H29N3O3/c1-20-13-14-26(17-21(20)2)34-16-15-33-25-12-8-9-23(18-25)19-29-27-22(3)30(4)31(28(27)32)24-10-6-5-7-11-24/h5-14,17-19H,15-16H2,1-4H3. The first kappa shape index (κ1) is 23.1. The predicted octanol–water partition coefficient (Wildman–Crippen LogP) is 5.31. The number of para-hydroxylation sites is 1. The topological polar surface area (TPSA) is 57.8 Å². The smallest absolute Gasteiger partial charge is 0.297 e. The summed E-state index contributed by atoms with van der Waals surface area (Å²) >= 11 is 0. The lowest BCUT2D eigenvalue weighted by molar-refractivity contribution is 0.217. The van der Waals surface area contributed by atoms with E-state index in [0.717, 1.165) is 28.4 Å². The molecule has 0 unspecified atom stereocenters. The summed E-state index contributed by atoms with van der Waals surface area (Å²) < 4.78 is 15.1. The van der Waals surface area contributed by atoms with Gasteiger partial charge in [-0.05, 0) is 73.9 Å². The highest BCUT2D eigenvalue weighted by Crippen LogP contribution is 2.19. The molecule has 1 heterocycles. The molecule has 174 valence electrons. The minimum Gasteiger partial charge on any atom is -0.490 e. The van der Waals surface area contributed by atoms with Gasteiger partial charge in [-0.25, -0.2) is 9.67 Å². The highest BCUT2D eigenvalue weighted by atomic mass is 16.5. The van der Waals surface area contributed by atoms with Crippen molar-refractivity contribution in [1.82, 2.24) is 9.36 Å². The Kier molecular flexibility index (Phi) is 6.97. The number of ether oxygens (including phenoxy) is 2. The zero-order chi connectivity index (χ0) is 24.1. The summed E-state index contributed by atoms with van der Waals surface area (Å²) in [6, 6.07) is 23.2. The van der Waals surface area contributed by atoms with Crippen LogP contribution in [0.4, 0.5) is 5.69 Å². The van der Waals surface area contributed by atoms with Crippen LogP contribution in [-0.2, 0) is 7.05 Å². The summed E-state index contributed by atoms with van der Waals surface area (Å²) in [7, 11) is 1.86. The van der Waals surface area contributed by atoms with E-state index in [1.165, 1.54) is 11.1 Å². The molecule has 0 aliphatic rings. The van der Waals surface area contributed by atoms with Crippen LogP contribution in [0.25, 0.3) is 5.69 Å². The summed E-state index contributed by atoms with van der Waals surface area (Å²) in [6.07, 6.45) is 1.69. The molecule has 0 bridgehead atoms. The molecule has 34 heavy (non-hydrogen) atoms. The molecule has 3 aromatic carbocycles. The fraction of sp³-hybridized carbons (Fsp3) is 0.214. The molecule has 0 spiro atoms. The zero-order valence-corrected chi connectivity index (χ0v) is 20.0. The van der Waals surface area contributed by atoms with Crippen molar-refractivity contribution in [2.75, 3.05) is 13.2 Å². The number of aromatic nitrogens is 2. The molecule has 0 saturated carbocycles. The van der Waals surface area contributed by atoms with Gasteiger partial charge in [-0.3, -0.25) is 9.48 Å². The Morgan fingerprint density at radius 3 is 2.24 bits per heavy atom. The van der Waals surface area contributed by atoms with Crippen molar-refractivity contribution in [2.24, 2.45) is 12.0 Å². The number of nitrogens with zero attached hydrogens (tertiary/aromatic N) is 3. The fourth-order valence-electron chi connectivity index (χ4n) is 3.65.